The molecule has 1 heterocycles. The van der Waals surface area contributed by atoms with Crippen molar-refractivity contribution in [2.75, 3.05) is 10.8 Å². The van der Waals surface area contributed by atoms with Crippen molar-refractivity contribution in [2.24, 2.45) is 0 Å². The Morgan fingerprint density at radius 2 is 1.89 bits per heavy atom. The molecule has 19 heavy (non-hydrogen) atoms. The SMILES string of the molecule is CCN(c1ccccc1)S(=O)(=O)c1sc(=O)[nH]c1C. The lowest BCUT2D eigenvalue weighted by molar-refractivity contribution is 0.593. The molecule has 0 fully saturated rings. The molecule has 0 amide bonds. The van der Waals surface area contributed by atoms with Crippen LogP contribution in [0.1, 0.15) is 12.6 Å². The average molecular weight is 298 g/mol. The van der Waals surface area contributed by atoms with Crippen LogP contribution in [-0.2, 0) is 10.0 Å². The van der Waals surface area contributed by atoms with Gasteiger partial charge in [-0.1, -0.05) is 29.5 Å². The van der Waals surface area contributed by atoms with Crippen LogP contribution in [0.25, 0.3) is 0 Å². The van der Waals surface area contributed by atoms with Crippen molar-refractivity contribution in [3.8, 4) is 0 Å². The second-order valence-corrected chi connectivity index (χ2v) is 6.97. The molecule has 0 bridgehead atoms. The highest BCUT2D eigenvalue weighted by molar-refractivity contribution is 7.94. The van der Waals surface area contributed by atoms with Crippen LogP contribution in [0.15, 0.2) is 39.3 Å². The van der Waals surface area contributed by atoms with Crippen LogP contribution in [0.4, 0.5) is 5.69 Å². The van der Waals surface area contributed by atoms with Crippen LogP contribution in [-0.4, -0.2) is 19.9 Å². The summed E-state index contributed by atoms with van der Waals surface area (Å²) in [7, 11) is -3.69. The Bertz CT molecular complexity index is 717. The molecule has 0 unspecified atom stereocenters. The monoisotopic (exact) mass is 298 g/mol. The maximum absolute atomic E-state index is 12.6. The number of anilines is 1. The van der Waals surface area contributed by atoms with Crippen molar-refractivity contribution in [3.05, 3.63) is 45.7 Å². The number of para-hydroxylation sites is 1. The molecule has 0 aliphatic rings. The van der Waals surface area contributed by atoms with E-state index in [1.807, 2.05) is 6.07 Å². The van der Waals surface area contributed by atoms with E-state index < -0.39 is 10.0 Å². The number of aromatic amines is 1. The number of nitrogens with one attached hydrogen (secondary N) is 1. The van der Waals surface area contributed by atoms with E-state index in [1.54, 1.807) is 38.1 Å². The van der Waals surface area contributed by atoms with Crippen molar-refractivity contribution in [3.63, 3.8) is 0 Å². The molecule has 0 aliphatic heterocycles. The molecule has 7 heteroatoms. The van der Waals surface area contributed by atoms with Gasteiger partial charge in [-0.3, -0.25) is 9.10 Å². The zero-order valence-corrected chi connectivity index (χ0v) is 12.2. The fourth-order valence-electron chi connectivity index (χ4n) is 1.82. The summed E-state index contributed by atoms with van der Waals surface area (Å²) in [5, 5.41) is 0. The lowest BCUT2D eigenvalue weighted by Gasteiger charge is -2.22. The topological polar surface area (TPSA) is 70.2 Å². The van der Waals surface area contributed by atoms with E-state index in [9.17, 15) is 13.2 Å². The first-order valence-corrected chi connectivity index (χ1v) is 8.00. The maximum Gasteiger partial charge on any atom is 0.306 e. The summed E-state index contributed by atoms with van der Waals surface area (Å²) >= 11 is 0.719. The molecule has 102 valence electrons. The van der Waals surface area contributed by atoms with Gasteiger partial charge in [0.2, 0.25) is 0 Å². The van der Waals surface area contributed by atoms with Crippen molar-refractivity contribution >= 4 is 27.0 Å². The number of rotatable bonds is 4. The third-order valence-electron chi connectivity index (χ3n) is 2.64. The molecule has 0 saturated heterocycles. The Morgan fingerprint density at radius 3 is 2.37 bits per heavy atom. The third kappa shape index (κ3) is 2.57. The smallest absolute Gasteiger partial charge is 0.306 e. The van der Waals surface area contributed by atoms with E-state index in [4.69, 9.17) is 0 Å². The Hall–Kier alpha value is -1.60. The first-order chi connectivity index (χ1) is 8.96. The number of aryl methyl sites for hydroxylation is 1. The summed E-state index contributed by atoms with van der Waals surface area (Å²) in [4.78, 5) is 13.4. The summed E-state index contributed by atoms with van der Waals surface area (Å²) in [6, 6.07) is 8.83. The Morgan fingerprint density at radius 1 is 1.26 bits per heavy atom. The van der Waals surface area contributed by atoms with Gasteiger partial charge in [0.05, 0.1) is 5.69 Å². The van der Waals surface area contributed by atoms with Gasteiger partial charge in [-0.05, 0) is 26.0 Å². The molecule has 0 aliphatic carbocycles. The third-order valence-corrected chi connectivity index (χ3v) is 6.12. The first kappa shape index (κ1) is 13.8. The predicted octanol–water partition coefficient (Wildman–Crippen LogP) is 1.96. The Labute approximate surface area is 115 Å². The minimum atomic E-state index is -3.69. The van der Waals surface area contributed by atoms with Crippen LogP contribution >= 0.6 is 11.3 Å². The lowest BCUT2D eigenvalue weighted by atomic mass is 10.3. The standard InChI is InChI=1S/C12H14N2O3S2/c1-3-14(10-7-5-4-6-8-10)19(16,17)11-9(2)13-12(15)18-11/h4-8H,3H2,1-2H3,(H,13,15). The molecule has 1 N–H and O–H groups in total. The number of sulfonamides is 1. The maximum atomic E-state index is 12.6. The minimum absolute atomic E-state index is 0.0724. The highest BCUT2D eigenvalue weighted by Gasteiger charge is 2.27. The second-order valence-electron chi connectivity index (χ2n) is 3.93. The number of benzene rings is 1. The van der Waals surface area contributed by atoms with E-state index >= 15 is 0 Å². The van der Waals surface area contributed by atoms with Crippen LogP contribution in [0, 0.1) is 6.92 Å². The molecule has 1 aromatic heterocycles. The van der Waals surface area contributed by atoms with E-state index in [-0.39, 0.29) is 9.08 Å². The molecular weight excluding hydrogens is 284 g/mol. The predicted molar refractivity (Wildman–Crippen MR) is 76.3 cm³/mol. The number of H-pyrrole nitrogens is 1. The highest BCUT2D eigenvalue weighted by atomic mass is 32.2. The fourth-order valence-corrected chi connectivity index (χ4v) is 4.69. The van der Waals surface area contributed by atoms with E-state index in [0.29, 0.717) is 17.9 Å². The van der Waals surface area contributed by atoms with Crippen molar-refractivity contribution in [1.82, 2.24) is 4.98 Å². The van der Waals surface area contributed by atoms with Gasteiger partial charge in [0.1, 0.15) is 0 Å². The van der Waals surface area contributed by atoms with E-state index in [2.05, 4.69) is 4.98 Å². The molecule has 2 rings (SSSR count). The van der Waals surface area contributed by atoms with Crippen molar-refractivity contribution in [1.29, 1.82) is 0 Å². The Kier molecular flexibility index (Phi) is 3.77. The van der Waals surface area contributed by atoms with Gasteiger partial charge in [0.15, 0.2) is 4.21 Å². The lowest BCUT2D eigenvalue weighted by Crippen LogP contribution is -2.30. The zero-order valence-electron chi connectivity index (χ0n) is 10.6. The molecule has 2 aromatic rings. The average Bonchev–Trinajstić information content (AvgIpc) is 2.71. The van der Waals surface area contributed by atoms with Gasteiger partial charge in [0, 0.05) is 12.2 Å². The number of thiazole rings is 1. The molecule has 1 aromatic carbocycles. The zero-order chi connectivity index (χ0) is 14.0. The molecule has 0 spiro atoms. The second kappa shape index (κ2) is 5.18. The summed E-state index contributed by atoms with van der Waals surface area (Å²) in [6.07, 6.45) is 0. The summed E-state index contributed by atoms with van der Waals surface area (Å²) in [5.74, 6) is 0. The molecular formula is C12H14N2O3S2. The number of aromatic nitrogens is 1. The quantitative estimate of drug-likeness (QED) is 0.938. The molecule has 5 nitrogen and oxygen atoms in total. The van der Waals surface area contributed by atoms with Gasteiger partial charge in [-0.25, -0.2) is 8.42 Å². The summed E-state index contributed by atoms with van der Waals surface area (Å²) in [5.41, 5.74) is 0.967. The largest absolute Gasteiger partial charge is 0.315 e. The normalized spacial score (nSPS) is 11.5. The van der Waals surface area contributed by atoms with Gasteiger partial charge >= 0.3 is 4.87 Å². The highest BCUT2D eigenvalue weighted by Crippen LogP contribution is 2.26. The van der Waals surface area contributed by atoms with Crippen LogP contribution in [0.3, 0.4) is 0 Å². The van der Waals surface area contributed by atoms with E-state index in [1.165, 1.54) is 4.31 Å². The number of nitrogens with zero attached hydrogens (tertiary/aromatic N) is 1. The summed E-state index contributed by atoms with van der Waals surface area (Å²) < 4.78 is 26.5. The van der Waals surface area contributed by atoms with Crippen LogP contribution < -0.4 is 9.18 Å². The van der Waals surface area contributed by atoms with Gasteiger partial charge in [0.25, 0.3) is 10.0 Å². The number of hydrogen-bond acceptors (Lipinski definition) is 4. The Balaban J connectivity index is 2.54. The van der Waals surface area contributed by atoms with Gasteiger partial charge < -0.3 is 4.98 Å². The van der Waals surface area contributed by atoms with Gasteiger partial charge in [-0.2, -0.15) is 0 Å². The molecule has 0 radical (unpaired) electrons. The molecule has 0 atom stereocenters. The summed E-state index contributed by atoms with van der Waals surface area (Å²) in [6.45, 7) is 3.65. The van der Waals surface area contributed by atoms with Crippen LogP contribution in [0.5, 0.6) is 0 Å². The fraction of sp³-hybridized carbons (Fsp3) is 0.250. The van der Waals surface area contributed by atoms with Crippen molar-refractivity contribution < 1.29 is 8.42 Å². The van der Waals surface area contributed by atoms with Crippen LogP contribution in [0.2, 0.25) is 0 Å². The molecule has 0 saturated carbocycles. The number of hydrogen-bond donors (Lipinski definition) is 1. The van der Waals surface area contributed by atoms with E-state index in [0.717, 1.165) is 11.3 Å². The van der Waals surface area contributed by atoms with Gasteiger partial charge in [-0.15, -0.1) is 0 Å². The first-order valence-electron chi connectivity index (χ1n) is 5.74. The van der Waals surface area contributed by atoms with Crippen molar-refractivity contribution in [2.45, 2.75) is 18.1 Å². The minimum Gasteiger partial charge on any atom is -0.315 e.